The molecule has 0 bridgehead atoms. The molecule has 176 valence electrons. The van der Waals surface area contributed by atoms with Gasteiger partial charge in [-0.05, 0) is 41.7 Å². The Hall–Kier alpha value is -3.77. The Morgan fingerprint density at radius 2 is 1.62 bits per heavy atom. The number of carbonyl (C=O) groups is 2. The van der Waals surface area contributed by atoms with E-state index >= 15 is 0 Å². The number of aromatic nitrogens is 1. The van der Waals surface area contributed by atoms with Gasteiger partial charge in [0.1, 0.15) is 11.7 Å². The van der Waals surface area contributed by atoms with Crippen LogP contribution < -0.4 is 5.32 Å². The Morgan fingerprint density at radius 3 is 2.24 bits per heavy atom. The molecule has 3 aromatic rings. The molecule has 6 heteroatoms. The fraction of sp³-hybridized carbons (Fsp3) is 0.250. The number of amides is 1. The van der Waals surface area contributed by atoms with Crippen LogP contribution in [0, 0.1) is 5.92 Å². The van der Waals surface area contributed by atoms with Gasteiger partial charge in [-0.15, -0.1) is 0 Å². The molecule has 0 saturated carbocycles. The van der Waals surface area contributed by atoms with Crippen LogP contribution in [-0.4, -0.2) is 43.7 Å². The topological polar surface area (TPSA) is 77.5 Å². The zero-order valence-electron chi connectivity index (χ0n) is 19.5. The first kappa shape index (κ1) is 24.9. The lowest BCUT2D eigenvalue weighted by Crippen LogP contribution is -2.48. The summed E-state index contributed by atoms with van der Waals surface area (Å²) in [6.07, 6.45) is 4.97. The van der Waals surface area contributed by atoms with Gasteiger partial charge in [0.15, 0.2) is 0 Å². The number of allylic oxidation sites excluding steroid dienone is 1. The van der Waals surface area contributed by atoms with Crippen LogP contribution in [0.4, 0.5) is 0 Å². The van der Waals surface area contributed by atoms with Crippen molar-refractivity contribution in [2.45, 2.75) is 18.9 Å². The number of nitrogens with one attached hydrogen (secondary N) is 1. The van der Waals surface area contributed by atoms with Crippen molar-refractivity contribution in [1.29, 1.82) is 0 Å². The number of esters is 1. The predicted molar refractivity (Wildman–Crippen MR) is 133 cm³/mol. The van der Waals surface area contributed by atoms with Crippen LogP contribution in [0.5, 0.6) is 0 Å². The molecule has 1 aromatic heterocycles. The molecule has 1 heterocycles. The van der Waals surface area contributed by atoms with E-state index in [1.165, 1.54) is 13.3 Å². The van der Waals surface area contributed by atoms with Crippen molar-refractivity contribution in [2.24, 2.45) is 5.92 Å². The standard InChI is InChI=1S/C28H30N2O4/c1-33-20-24(26(28(32)34-2)30-27(31)25-15-9-10-18-29-25)17-16-23(22-13-7-4-8-14-22)19-21-11-5-3-6-12-21/h3-15,18-19,24,26H,16-17,20H2,1-2H3,(H,30,31)/b23-19-/t24-,26+/m1/s1. The Kier molecular flexibility index (Phi) is 9.55. The third-order valence-corrected chi connectivity index (χ3v) is 5.56. The molecule has 2 atom stereocenters. The molecule has 0 aliphatic carbocycles. The first-order valence-electron chi connectivity index (χ1n) is 11.2. The van der Waals surface area contributed by atoms with Crippen LogP contribution in [0.25, 0.3) is 11.6 Å². The lowest BCUT2D eigenvalue weighted by Gasteiger charge is -2.26. The van der Waals surface area contributed by atoms with Crippen LogP contribution in [0.15, 0.2) is 85.1 Å². The highest BCUT2D eigenvalue weighted by atomic mass is 16.5. The highest BCUT2D eigenvalue weighted by Gasteiger charge is 2.31. The fourth-order valence-corrected chi connectivity index (χ4v) is 3.81. The smallest absolute Gasteiger partial charge is 0.328 e. The minimum atomic E-state index is -0.867. The molecule has 0 fully saturated rings. The van der Waals surface area contributed by atoms with E-state index in [2.05, 4.69) is 40.6 Å². The number of ether oxygens (including phenoxy) is 2. The quantitative estimate of drug-likeness (QED) is 0.335. The number of nitrogens with zero attached hydrogens (tertiary/aromatic N) is 1. The molecule has 0 aliphatic heterocycles. The normalized spacial score (nSPS) is 13.1. The van der Waals surface area contributed by atoms with Crippen LogP contribution in [-0.2, 0) is 14.3 Å². The first-order valence-corrected chi connectivity index (χ1v) is 11.2. The average molecular weight is 459 g/mol. The summed E-state index contributed by atoms with van der Waals surface area (Å²) >= 11 is 0. The summed E-state index contributed by atoms with van der Waals surface area (Å²) in [5, 5.41) is 2.81. The molecule has 0 aliphatic rings. The summed E-state index contributed by atoms with van der Waals surface area (Å²) in [7, 11) is 2.90. The second-order valence-corrected chi connectivity index (χ2v) is 7.89. The summed E-state index contributed by atoms with van der Waals surface area (Å²) in [5.74, 6) is -1.24. The molecule has 0 unspecified atom stereocenters. The number of methoxy groups -OCH3 is 2. The number of benzene rings is 2. The molecule has 0 saturated heterocycles. The van der Waals surface area contributed by atoms with E-state index in [4.69, 9.17) is 9.47 Å². The molecule has 3 rings (SSSR count). The van der Waals surface area contributed by atoms with Gasteiger partial charge in [-0.3, -0.25) is 9.78 Å². The zero-order valence-corrected chi connectivity index (χ0v) is 19.5. The van der Waals surface area contributed by atoms with Gasteiger partial charge in [0.2, 0.25) is 0 Å². The van der Waals surface area contributed by atoms with E-state index in [0.29, 0.717) is 12.8 Å². The van der Waals surface area contributed by atoms with E-state index in [1.54, 1.807) is 25.3 Å². The van der Waals surface area contributed by atoms with Gasteiger partial charge >= 0.3 is 5.97 Å². The SMILES string of the molecule is COC[C@@H](CC/C(=C/c1ccccc1)c1ccccc1)[C@H](NC(=O)c1ccccn1)C(=O)OC. The fourth-order valence-electron chi connectivity index (χ4n) is 3.81. The molecule has 34 heavy (non-hydrogen) atoms. The van der Waals surface area contributed by atoms with Crippen molar-refractivity contribution >= 4 is 23.5 Å². The maximum absolute atomic E-state index is 12.8. The van der Waals surface area contributed by atoms with Crippen LogP contribution in [0.2, 0.25) is 0 Å². The monoisotopic (exact) mass is 458 g/mol. The van der Waals surface area contributed by atoms with Crippen molar-refractivity contribution in [3.63, 3.8) is 0 Å². The number of carbonyl (C=O) groups excluding carboxylic acids is 2. The maximum atomic E-state index is 12.8. The lowest BCUT2D eigenvalue weighted by atomic mass is 9.89. The average Bonchev–Trinajstić information content (AvgIpc) is 2.90. The van der Waals surface area contributed by atoms with Crippen LogP contribution in [0.1, 0.15) is 34.5 Å². The van der Waals surface area contributed by atoms with Gasteiger partial charge in [0.25, 0.3) is 5.91 Å². The number of pyridine rings is 1. The molecule has 0 spiro atoms. The van der Waals surface area contributed by atoms with E-state index in [-0.39, 0.29) is 18.2 Å². The number of rotatable bonds is 11. The molecular weight excluding hydrogens is 428 g/mol. The van der Waals surface area contributed by atoms with Gasteiger partial charge in [0, 0.05) is 19.2 Å². The molecule has 1 N–H and O–H groups in total. The summed E-state index contributed by atoms with van der Waals surface area (Å²) in [4.78, 5) is 29.5. The van der Waals surface area contributed by atoms with Crippen molar-refractivity contribution in [3.8, 4) is 0 Å². The molecule has 0 radical (unpaired) electrons. The first-order chi connectivity index (χ1) is 16.6. The predicted octanol–water partition coefficient (Wildman–Crippen LogP) is 4.64. The van der Waals surface area contributed by atoms with Crippen molar-refractivity contribution in [2.75, 3.05) is 20.8 Å². The van der Waals surface area contributed by atoms with Gasteiger partial charge in [-0.2, -0.15) is 0 Å². The van der Waals surface area contributed by atoms with E-state index in [9.17, 15) is 9.59 Å². The van der Waals surface area contributed by atoms with Gasteiger partial charge in [-0.1, -0.05) is 72.8 Å². The second-order valence-electron chi connectivity index (χ2n) is 7.89. The number of hydrogen-bond acceptors (Lipinski definition) is 5. The maximum Gasteiger partial charge on any atom is 0.328 e. The van der Waals surface area contributed by atoms with Crippen molar-refractivity contribution in [1.82, 2.24) is 10.3 Å². The van der Waals surface area contributed by atoms with Crippen LogP contribution >= 0.6 is 0 Å². The Labute approximate surface area is 200 Å². The van der Waals surface area contributed by atoms with E-state index in [1.807, 2.05) is 36.4 Å². The minimum absolute atomic E-state index is 0.238. The largest absolute Gasteiger partial charge is 0.467 e. The molecule has 1 amide bonds. The Balaban J connectivity index is 1.84. The van der Waals surface area contributed by atoms with E-state index in [0.717, 1.165) is 16.7 Å². The van der Waals surface area contributed by atoms with Crippen molar-refractivity contribution in [3.05, 3.63) is 102 Å². The summed E-state index contributed by atoms with van der Waals surface area (Å²) in [6.45, 7) is 0.287. The highest BCUT2D eigenvalue weighted by Crippen LogP contribution is 2.27. The van der Waals surface area contributed by atoms with E-state index < -0.39 is 17.9 Å². The Morgan fingerprint density at radius 1 is 0.941 bits per heavy atom. The molecule has 2 aromatic carbocycles. The third kappa shape index (κ3) is 7.12. The summed E-state index contributed by atoms with van der Waals surface area (Å²) in [6, 6.07) is 24.4. The second kappa shape index (κ2) is 13.1. The highest BCUT2D eigenvalue weighted by molar-refractivity contribution is 5.95. The zero-order chi connectivity index (χ0) is 24.2. The third-order valence-electron chi connectivity index (χ3n) is 5.56. The summed E-state index contributed by atoms with van der Waals surface area (Å²) in [5.41, 5.74) is 3.57. The minimum Gasteiger partial charge on any atom is -0.467 e. The number of hydrogen-bond donors (Lipinski definition) is 1. The van der Waals surface area contributed by atoms with Gasteiger partial charge < -0.3 is 14.8 Å². The van der Waals surface area contributed by atoms with Crippen molar-refractivity contribution < 1.29 is 19.1 Å². The van der Waals surface area contributed by atoms with Gasteiger partial charge in [-0.25, -0.2) is 4.79 Å². The van der Waals surface area contributed by atoms with Crippen LogP contribution in [0.3, 0.4) is 0 Å². The molecule has 6 nitrogen and oxygen atoms in total. The lowest BCUT2D eigenvalue weighted by molar-refractivity contribution is -0.145. The molecular formula is C28H30N2O4. The van der Waals surface area contributed by atoms with Gasteiger partial charge in [0.05, 0.1) is 13.7 Å². The Bertz CT molecular complexity index is 1070. The summed E-state index contributed by atoms with van der Waals surface area (Å²) < 4.78 is 10.4.